The Morgan fingerprint density at radius 3 is 3.00 bits per heavy atom. The van der Waals surface area contributed by atoms with E-state index >= 15 is 0 Å². The largest absolute Gasteiger partial charge is 0.469 e. The highest BCUT2D eigenvalue weighted by atomic mass is 127. The van der Waals surface area contributed by atoms with Crippen molar-refractivity contribution in [3.63, 3.8) is 0 Å². The number of nitrogens with one attached hydrogen (secondary N) is 2. The van der Waals surface area contributed by atoms with Crippen molar-refractivity contribution in [3.8, 4) is 0 Å². The number of halogens is 1. The van der Waals surface area contributed by atoms with Crippen LogP contribution in [0.3, 0.4) is 0 Å². The van der Waals surface area contributed by atoms with Crippen molar-refractivity contribution < 1.29 is 9.15 Å². The summed E-state index contributed by atoms with van der Waals surface area (Å²) in [5, 5.41) is 7.95. The van der Waals surface area contributed by atoms with Crippen LogP contribution in [-0.4, -0.2) is 49.8 Å². The summed E-state index contributed by atoms with van der Waals surface area (Å²) in [5.41, 5.74) is 0. The minimum atomic E-state index is 0. The van der Waals surface area contributed by atoms with Crippen molar-refractivity contribution in [1.82, 2.24) is 10.6 Å². The molecule has 2 heterocycles. The van der Waals surface area contributed by atoms with Gasteiger partial charge in [0.25, 0.3) is 0 Å². The van der Waals surface area contributed by atoms with Gasteiger partial charge in [0, 0.05) is 43.3 Å². The lowest BCUT2D eigenvalue weighted by molar-refractivity contribution is 0.187. The number of guanidine groups is 1. The Kier molecular flexibility index (Phi) is 10.2. The molecular formula is C19H32IN3O2S. The SMILES string of the molecule is CSC1CCCC(NC(=NCC2CCOC2)NCCc2ccco2)C1.I. The van der Waals surface area contributed by atoms with E-state index in [9.17, 15) is 0 Å². The van der Waals surface area contributed by atoms with Crippen LogP contribution in [0.5, 0.6) is 0 Å². The summed E-state index contributed by atoms with van der Waals surface area (Å²) in [7, 11) is 0. The van der Waals surface area contributed by atoms with E-state index < -0.39 is 0 Å². The predicted molar refractivity (Wildman–Crippen MR) is 120 cm³/mol. The molecule has 0 spiro atoms. The minimum absolute atomic E-state index is 0. The van der Waals surface area contributed by atoms with Crippen LogP contribution >= 0.6 is 35.7 Å². The first-order valence-corrected chi connectivity index (χ1v) is 10.8. The summed E-state index contributed by atoms with van der Waals surface area (Å²) in [6.45, 7) is 3.40. The molecule has 2 N–H and O–H groups in total. The predicted octanol–water partition coefficient (Wildman–Crippen LogP) is 3.69. The summed E-state index contributed by atoms with van der Waals surface area (Å²) < 4.78 is 10.9. The van der Waals surface area contributed by atoms with E-state index in [1.165, 1.54) is 25.7 Å². The summed E-state index contributed by atoms with van der Waals surface area (Å²) in [6, 6.07) is 4.49. The van der Waals surface area contributed by atoms with Gasteiger partial charge < -0.3 is 19.8 Å². The Labute approximate surface area is 178 Å². The second kappa shape index (κ2) is 12.1. The van der Waals surface area contributed by atoms with Gasteiger partial charge in [-0.05, 0) is 44.1 Å². The quantitative estimate of drug-likeness (QED) is 0.345. The van der Waals surface area contributed by atoms with Gasteiger partial charge in [-0.1, -0.05) is 6.42 Å². The zero-order valence-electron chi connectivity index (χ0n) is 15.6. The molecule has 0 bridgehead atoms. The molecule has 26 heavy (non-hydrogen) atoms. The molecule has 0 aromatic carbocycles. The van der Waals surface area contributed by atoms with Gasteiger partial charge in [0.15, 0.2) is 5.96 Å². The second-order valence-electron chi connectivity index (χ2n) is 7.04. The monoisotopic (exact) mass is 493 g/mol. The van der Waals surface area contributed by atoms with Crippen LogP contribution < -0.4 is 10.6 Å². The molecule has 1 aromatic heterocycles. The van der Waals surface area contributed by atoms with Crippen molar-refractivity contribution >= 4 is 41.7 Å². The molecule has 1 saturated heterocycles. The Morgan fingerprint density at radius 1 is 1.35 bits per heavy atom. The number of ether oxygens (including phenoxy) is 1. The fourth-order valence-corrected chi connectivity index (χ4v) is 4.37. The first-order valence-electron chi connectivity index (χ1n) is 9.51. The lowest BCUT2D eigenvalue weighted by Gasteiger charge is -2.30. The van der Waals surface area contributed by atoms with E-state index in [0.29, 0.717) is 12.0 Å². The van der Waals surface area contributed by atoms with Gasteiger partial charge in [0.05, 0.1) is 12.9 Å². The number of aliphatic imine (C=N–C) groups is 1. The maximum absolute atomic E-state index is 5.47. The van der Waals surface area contributed by atoms with E-state index in [-0.39, 0.29) is 24.0 Å². The smallest absolute Gasteiger partial charge is 0.191 e. The minimum Gasteiger partial charge on any atom is -0.469 e. The molecule has 148 valence electrons. The summed E-state index contributed by atoms with van der Waals surface area (Å²) in [4.78, 5) is 4.85. The Morgan fingerprint density at radius 2 is 2.27 bits per heavy atom. The third kappa shape index (κ3) is 7.31. The lowest BCUT2D eigenvalue weighted by Crippen LogP contribution is -2.46. The molecule has 3 atom stereocenters. The standard InChI is InChI=1S/C19H31N3O2S.HI/c1-25-18-6-2-4-16(12-18)22-19(21-13-15-8-11-23-14-15)20-9-7-17-5-3-10-24-17;/h3,5,10,15-16,18H,2,4,6-9,11-14H2,1H3,(H2,20,21,22);1H. The molecule has 5 nitrogen and oxygen atoms in total. The number of furan rings is 1. The summed E-state index contributed by atoms with van der Waals surface area (Å²) >= 11 is 2.00. The number of nitrogens with zero attached hydrogens (tertiary/aromatic N) is 1. The normalized spacial score (nSPS) is 26.3. The van der Waals surface area contributed by atoms with Gasteiger partial charge in [0.1, 0.15) is 5.76 Å². The van der Waals surface area contributed by atoms with Crippen LogP contribution in [0.15, 0.2) is 27.8 Å². The maximum atomic E-state index is 5.47. The lowest BCUT2D eigenvalue weighted by atomic mass is 9.95. The van der Waals surface area contributed by atoms with Crippen molar-refractivity contribution in [1.29, 1.82) is 0 Å². The molecule has 0 amide bonds. The van der Waals surface area contributed by atoms with Gasteiger partial charge in [-0.25, -0.2) is 0 Å². The van der Waals surface area contributed by atoms with Crippen LogP contribution in [0.4, 0.5) is 0 Å². The third-order valence-corrected chi connectivity index (χ3v) is 6.17. The summed E-state index contributed by atoms with van der Waals surface area (Å²) in [5.74, 6) is 2.52. The number of hydrogen-bond acceptors (Lipinski definition) is 4. The van der Waals surface area contributed by atoms with Crippen molar-refractivity contribution in [2.75, 3.05) is 32.6 Å². The average molecular weight is 493 g/mol. The van der Waals surface area contributed by atoms with Crippen LogP contribution in [0, 0.1) is 5.92 Å². The molecule has 0 radical (unpaired) electrons. The van der Waals surface area contributed by atoms with Crippen molar-refractivity contribution in [2.24, 2.45) is 10.9 Å². The zero-order valence-corrected chi connectivity index (χ0v) is 18.8. The fourth-order valence-electron chi connectivity index (χ4n) is 3.54. The average Bonchev–Trinajstić information content (AvgIpc) is 3.33. The zero-order chi connectivity index (χ0) is 17.3. The highest BCUT2D eigenvalue weighted by molar-refractivity contribution is 14.0. The molecule has 1 saturated carbocycles. The second-order valence-corrected chi connectivity index (χ2v) is 8.18. The third-order valence-electron chi connectivity index (χ3n) is 5.08. The van der Waals surface area contributed by atoms with Crippen LogP contribution in [0.2, 0.25) is 0 Å². The highest BCUT2D eigenvalue weighted by Crippen LogP contribution is 2.26. The number of rotatable bonds is 7. The Bertz CT molecular complexity index is 521. The highest BCUT2D eigenvalue weighted by Gasteiger charge is 2.22. The molecule has 2 aliphatic rings. The fraction of sp³-hybridized carbons (Fsp3) is 0.737. The van der Waals surface area contributed by atoms with E-state index in [0.717, 1.165) is 56.1 Å². The van der Waals surface area contributed by atoms with Crippen molar-refractivity contribution in [2.45, 2.75) is 49.8 Å². The maximum Gasteiger partial charge on any atom is 0.191 e. The molecule has 2 fully saturated rings. The van der Waals surface area contributed by atoms with Gasteiger partial charge >= 0.3 is 0 Å². The molecule has 7 heteroatoms. The molecule has 3 rings (SSSR count). The van der Waals surface area contributed by atoms with Crippen LogP contribution in [-0.2, 0) is 11.2 Å². The number of hydrogen-bond donors (Lipinski definition) is 2. The molecule has 1 aliphatic carbocycles. The van der Waals surface area contributed by atoms with Crippen LogP contribution in [0.1, 0.15) is 37.9 Å². The van der Waals surface area contributed by atoms with Crippen molar-refractivity contribution in [3.05, 3.63) is 24.2 Å². The van der Waals surface area contributed by atoms with Gasteiger partial charge in [0.2, 0.25) is 0 Å². The van der Waals surface area contributed by atoms with E-state index in [1.54, 1.807) is 6.26 Å². The molecular weight excluding hydrogens is 461 g/mol. The molecule has 1 aromatic rings. The number of thioether (sulfide) groups is 1. The molecule has 3 unspecified atom stereocenters. The van der Waals surface area contributed by atoms with Crippen LogP contribution in [0.25, 0.3) is 0 Å². The van der Waals surface area contributed by atoms with E-state index in [2.05, 4.69) is 16.9 Å². The summed E-state index contributed by atoms with van der Waals surface area (Å²) in [6.07, 6.45) is 11.1. The van der Waals surface area contributed by atoms with Gasteiger partial charge in [-0.3, -0.25) is 4.99 Å². The topological polar surface area (TPSA) is 58.8 Å². The van der Waals surface area contributed by atoms with Gasteiger partial charge in [-0.2, -0.15) is 11.8 Å². The van der Waals surface area contributed by atoms with Gasteiger partial charge in [-0.15, -0.1) is 24.0 Å². The van der Waals surface area contributed by atoms with E-state index in [1.807, 2.05) is 23.9 Å². The first kappa shape index (κ1) is 21.9. The first-order chi connectivity index (χ1) is 12.3. The Hall–Kier alpha value is -0.410. The Balaban J connectivity index is 0.00000243. The van der Waals surface area contributed by atoms with E-state index in [4.69, 9.17) is 14.1 Å². The molecule has 1 aliphatic heterocycles.